The Balaban J connectivity index is 1.81. The number of aromatic nitrogens is 3. The summed E-state index contributed by atoms with van der Waals surface area (Å²) in [6.45, 7) is 0. The van der Waals surface area contributed by atoms with Gasteiger partial charge in [-0.25, -0.2) is 4.98 Å². The molecule has 1 aliphatic carbocycles. The maximum absolute atomic E-state index is 12.3. The molecule has 0 aromatic carbocycles. The first-order valence-electron chi connectivity index (χ1n) is 8.62. The number of hydrogen-bond acceptors (Lipinski definition) is 3. The molecule has 24 heavy (non-hydrogen) atoms. The third-order valence-corrected chi connectivity index (χ3v) is 4.94. The normalized spacial score (nSPS) is 15.7. The molecule has 0 unspecified atom stereocenters. The van der Waals surface area contributed by atoms with Crippen LogP contribution < -0.4 is 10.9 Å². The third kappa shape index (κ3) is 2.60. The highest BCUT2D eigenvalue weighted by molar-refractivity contribution is 5.96. The summed E-state index contributed by atoms with van der Waals surface area (Å²) >= 11 is 0. The predicted molar refractivity (Wildman–Crippen MR) is 97.3 cm³/mol. The summed E-state index contributed by atoms with van der Waals surface area (Å²) < 4.78 is 1.63. The van der Waals surface area contributed by atoms with Crippen LogP contribution in [0.25, 0.3) is 22.0 Å². The number of hydrogen-bond donors (Lipinski definition) is 2. The molecule has 3 aromatic heterocycles. The molecule has 5 nitrogen and oxygen atoms in total. The minimum Gasteiger partial charge on any atom is -0.367 e. The lowest BCUT2D eigenvalue weighted by Gasteiger charge is -2.24. The molecule has 4 rings (SSSR count). The first-order chi connectivity index (χ1) is 11.7. The summed E-state index contributed by atoms with van der Waals surface area (Å²) in [5, 5.41) is 4.57. The Labute approximate surface area is 140 Å². The van der Waals surface area contributed by atoms with E-state index in [1.165, 1.54) is 32.1 Å². The van der Waals surface area contributed by atoms with E-state index in [1.807, 2.05) is 30.7 Å². The summed E-state index contributed by atoms with van der Waals surface area (Å²) in [5.74, 6) is 0.908. The van der Waals surface area contributed by atoms with Gasteiger partial charge in [-0.15, -0.1) is 0 Å². The molecule has 0 aliphatic heterocycles. The number of aromatic amines is 1. The van der Waals surface area contributed by atoms with Gasteiger partial charge in [0.15, 0.2) is 0 Å². The van der Waals surface area contributed by atoms with Gasteiger partial charge >= 0.3 is 0 Å². The molecule has 0 amide bonds. The molecular weight excluding hydrogens is 300 g/mol. The second-order valence-corrected chi connectivity index (χ2v) is 6.60. The molecule has 2 N–H and O–H groups in total. The standard InChI is InChI=1S/C19H22N4O/c1-23-12-16(14-9-11-20-17(14)19(23)24)15-8-5-10-21-18(15)22-13-6-3-2-4-7-13/h5,8-13,20H,2-4,6-7H2,1H3,(H,21,22). The van der Waals surface area contributed by atoms with Gasteiger partial charge in [0.1, 0.15) is 11.3 Å². The van der Waals surface area contributed by atoms with Crippen molar-refractivity contribution < 1.29 is 0 Å². The smallest absolute Gasteiger partial charge is 0.274 e. The maximum Gasteiger partial charge on any atom is 0.274 e. The summed E-state index contributed by atoms with van der Waals surface area (Å²) in [6, 6.07) is 6.47. The minimum atomic E-state index is -0.00979. The Hall–Kier alpha value is -2.56. The lowest BCUT2D eigenvalue weighted by atomic mass is 9.95. The van der Waals surface area contributed by atoms with Gasteiger partial charge in [0, 0.05) is 48.2 Å². The van der Waals surface area contributed by atoms with Crippen molar-refractivity contribution in [3.63, 3.8) is 0 Å². The van der Waals surface area contributed by atoms with Gasteiger partial charge in [-0.05, 0) is 31.0 Å². The summed E-state index contributed by atoms with van der Waals surface area (Å²) in [5.41, 5.74) is 2.70. The molecule has 3 heterocycles. The molecule has 5 heteroatoms. The maximum atomic E-state index is 12.3. The highest BCUT2D eigenvalue weighted by Gasteiger charge is 2.18. The lowest BCUT2D eigenvalue weighted by molar-refractivity contribution is 0.462. The molecule has 1 aliphatic rings. The van der Waals surface area contributed by atoms with E-state index in [1.54, 1.807) is 11.6 Å². The summed E-state index contributed by atoms with van der Waals surface area (Å²) in [7, 11) is 1.79. The van der Waals surface area contributed by atoms with E-state index in [2.05, 4.69) is 21.4 Å². The van der Waals surface area contributed by atoms with Crippen LogP contribution in [0.3, 0.4) is 0 Å². The van der Waals surface area contributed by atoms with Gasteiger partial charge in [-0.1, -0.05) is 19.3 Å². The number of rotatable bonds is 3. The minimum absolute atomic E-state index is 0.00979. The van der Waals surface area contributed by atoms with E-state index in [0.29, 0.717) is 11.6 Å². The zero-order valence-electron chi connectivity index (χ0n) is 13.9. The van der Waals surface area contributed by atoms with Crippen LogP contribution in [0, 0.1) is 0 Å². The quantitative estimate of drug-likeness (QED) is 0.773. The summed E-state index contributed by atoms with van der Waals surface area (Å²) in [6.07, 6.45) is 11.8. The fourth-order valence-electron chi connectivity index (χ4n) is 3.66. The second-order valence-electron chi connectivity index (χ2n) is 6.60. The number of pyridine rings is 2. The molecular formula is C19H22N4O. The molecule has 1 saturated carbocycles. The van der Waals surface area contributed by atoms with E-state index in [9.17, 15) is 4.79 Å². The topological polar surface area (TPSA) is 62.7 Å². The predicted octanol–water partition coefficient (Wildman–Crippen LogP) is 3.67. The van der Waals surface area contributed by atoms with Crippen LogP contribution in [0.1, 0.15) is 32.1 Å². The SMILES string of the molecule is Cn1cc(-c2cccnc2NC2CCCCC2)c2cc[nH]c2c1=O. The number of anilines is 1. The van der Waals surface area contributed by atoms with Crippen molar-refractivity contribution in [3.05, 3.63) is 47.1 Å². The van der Waals surface area contributed by atoms with E-state index in [4.69, 9.17) is 0 Å². The molecule has 0 radical (unpaired) electrons. The van der Waals surface area contributed by atoms with E-state index in [0.717, 1.165) is 22.3 Å². The van der Waals surface area contributed by atoms with Crippen molar-refractivity contribution in [3.8, 4) is 11.1 Å². The van der Waals surface area contributed by atoms with Crippen molar-refractivity contribution in [1.29, 1.82) is 0 Å². The van der Waals surface area contributed by atoms with Crippen LogP contribution in [-0.4, -0.2) is 20.6 Å². The average Bonchev–Trinajstić information content (AvgIpc) is 3.10. The average molecular weight is 322 g/mol. The first-order valence-corrected chi connectivity index (χ1v) is 8.62. The van der Waals surface area contributed by atoms with Gasteiger partial charge in [-0.2, -0.15) is 0 Å². The second kappa shape index (κ2) is 6.15. The highest BCUT2D eigenvalue weighted by Crippen LogP contribution is 2.32. The van der Waals surface area contributed by atoms with Gasteiger partial charge in [0.05, 0.1) is 0 Å². The molecule has 0 spiro atoms. The number of aryl methyl sites for hydroxylation is 1. The number of fused-ring (bicyclic) bond motifs is 1. The van der Waals surface area contributed by atoms with E-state index >= 15 is 0 Å². The van der Waals surface area contributed by atoms with Crippen molar-refractivity contribution in [1.82, 2.24) is 14.5 Å². The van der Waals surface area contributed by atoms with Crippen LogP contribution in [0.15, 0.2) is 41.6 Å². The van der Waals surface area contributed by atoms with Crippen LogP contribution in [0.2, 0.25) is 0 Å². The Morgan fingerprint density at radius 3 is 2.88 bits per heavy atom. The van der Waals surface area contributed by atoms with Gasteiger partial charge in [0.25, 0.3) is 5.56 Å². The highest BCUT2D eigenvalue weighted by atomic mass is 16.1. The zero-order chi connectivity index (χ0) is 16.5. The molecule has 3 aromatic rings. The fourth-order valence-corrected chi connectivity index (χ4v) is 3.66. The fraction of sp³-hybridized carbons (Fsp3) is 0.368. The van der Waals surface area contributed by atoms with Crippen LogP contribution in [0.4, 0.5) is 5.82 Å². The van der Waals surface area contributed by atoms with Crippen LogP contribution in [0.5, 0.6) is 0 Å². The Morgan fingerprint density at radius 2 is 2.04 bits per heavy atom. The number of nitrogens with one attached hydrogen (secondary N) is 2. The van der Waals surface area contributed by atoms with Gasteiger partial charge in [0.2, 0.25) is 0 Å². The zero-order valence-corrected chi connectivity index (χ0v) is 13.9. The van der Waals surface area contributed by atoms with Crippen LogP contribution in [-0.2, 0) is 7.05 Å². The Kier molecular flexibility index (Phi) is 3.84. The van der Waals surface area contributed by atoms with Gasteiger partial charge in [-0.3, -0.25) is 4.79 Å². The largest absolute Gasteiger partial charge is 0.367 e. The van der Waals surface area contributed by atoms with E-state index < -0.39 is 0 Å². The molecule has 1 fully saturated rings. The lowest BCUT2D eigenvalue weighted by Crippen LogP contribution is -2.23. The number of H-pyrrole nitrogens is 1. The van der Waals surface area contributed by atoms with Crippen molar-refractivity contribution in [2.24, 2.45) is 7.05 Å². The molecule has 0 atom stereocenters. The van der Waals surface area contributed by atoms with Gasteiger partial charge < -0.3 is 14.9 Å². The van der Waals surface area contributed by atoms with Crippen LogP contribution >= 0.6 is 0 Å². The van der Waals surface area contributed by atoms with Crippen molar-refractivity contribution >= 4 is 16.7 Å². The summed E-state index contributed by atoms with van der Waals surface area (Å²) in [4.78, 5) is 19.9. The van der Waals surface area contributed by atoms with E-state index in [-0.39, 0.29) is 5.56 Å². The Morgan fingerprint density at radius 1 is 1.21 bits per heavy atom. The third-order valence-electron chi connectivity index (χ3n) is 4.94. The monoisotopic (exact) mass is 322 g/mol. The number of nitrogens with zero attached hydrogens (tertiary/aromatic N) is 2. The molecule has 124 valence electrons. The first kappa shape index (κ1) is 15.0. The Bertz CT molecular complexity index is 919. The molecule has 0 saturated heterocycles. The van der Waals surface area contributed by atoms with Crippen molar-refractivity contribution in [2.45, 2.75) is 38.1 Å². The van der Waals surface area contributed by atoms with Crippen molar-refractivity contribution in [2.75, 3.05) is 5.32 Å². The molecule has 0 bridgehead atoms.